The summed E-state index contributed by atoms with van der Waals surface area (Å²) in [5, 5.41) is 5.68. The van der Waals surface area contributed by atoms with Crippen LogP contribution in [0.15, 0.2) is 33.6 Å². The van der Waals surface area contributed by atoms with Crippen molar-refractivity contribution in [2.45, 2.75) is 26.9 Å². The number of rotatable bonds is 5. The lowest BCUT2D eigenvalue weighted by atomic mass is 10.2. The smallest absolute Gasteiger partial charge is 0.265 e. The Morgan fingerprint density at radius 3 is 2.96 bits per heavy atom. The van der Waals surface area contributed by atoms with Crippen molar-refractivity contribution in [3.63, 3.8) is 0 Å². The van der Waals surface area contributed by atoms with Gasteiger partial charge in [-0.2, -0.15) is 0 Å². The van der Waals surface area contributed by atoms with E-state index in [4.69, 9.17) is 4.42 Å². The molecule has 0 aliphatic heterocycles. The molecule has 0 spiro atoms. The summed E-state index contributed by atoms with van der Waals surface area (Å²) in [7, 11) is 0. The maximum Gasteiger partial charge on any atom is 0.265 e. The van der Waals surface area contributed by atoms with Crippen LogP contribution in [0.2, 0.25) is 0 Å². The van der Waals surface area contributed by atoms with Gasteiger partial charge in [-0.3, -0.25) is 14.2 Å². The van der Waals surface area contributed by atoms with E-state index in [1.807, 2.05) is 12.3 Å². The van der Waals surface area contributed by atoms with Crippen LogP contribution in [0.5, 0.6) is 0 Å². The molecule has 3 aromatic rings. The zero-order chi connectivity index (χ0) is 17.3. The quantitative estimate of drug-likeness (QED) is 0.717. The second kappa shape index (κ2) is 6.40. The predicted octanol–water partition coefficient (Wildman–Crippen LogP) is 2.18. The van der Waals surface area contributed by atoms with Gasteiger partial charge in [-0.05, 0) is 13.8 Å². The molecule has 0 radical (unpaired) electrons. The van der Waals surface area contributed by atoms with Crippen molar-refractivity contribution in [2.24, 2.45) is 0 Å². The number of amides is 1. The van der Waals surface area contributed by atoms with Crippen LogP contribution in [0.3, 0.4) is 0 Å². The van der Waals surface area contributed by atoms with E-state index in [1.165, 1.54) is 22.2 Å². The Balaban J connectivity index is 1.96. The lowest BCUT2D eigenvalue weighted by Crippen LogP contribution is -2.26. The van der Waals surface area contributed by atoms with Gasteiger partial charge in [0.15, 0.2) is 0 Å². The van der Waals surface area contributed by atoms with Gasteiger partial charge in [0.05, 0.1) is 12.1 Å². The molecule has 3 heterocycles. The van der Waals surface area contributed by atoms with Crippen molar-refractivity contribution in [2.75, 3.05) is 0 Å². The molecule has 0 aliphatic rings. The van der Waals surface area contributed by atoms with Crippen molar-refractivity contribution < 1.29 is 9.21 Å². The molecule has 8 heteroatoms. The number of nitrogens with zero attached hydrogens (tertiary/aromatic N) is 3. The summed E-state index contributed by atoms with van der Waals surface area (Å²) in [5.74, 6) is -0.0203. The first kappa shape index (κ1) is 16.1. The van der Waals surface area contributed by atoms with Crippen LogP contribution in [-0.2, 0) is 13.1 Å². The molecular weight excluding hydrogens is 328 g/mol. The molecule has 0 aromatic carbocycles. The Labute approximate surface area is 141 Å². The summed E-state index contributed by atoms with van der Waals surface area (Å²) in [5.41, 5.74) is 0.958. The number of hydrogen-bond donors (Lipinski definition) is 1. The van der Waals surface area contributed by atoms with E-state index < -0.39 is 0 Å². The van der Waals surface area contributed by atoms with E-state index in [0.717, 1.165) is 10.7 Å². The van der Waals surface area contributed by atoms with Crippen molar-refractivity contribution in [1.82, 2.24) is 19.9 Å². The number of aromatic nitrogens is 3. The largest absolute Gasteiger partial charge is 0.442 e. The standard InChI is InChI=1S/C16H16N4O3S/c1-4-5-20-8-18-15-13(16(20)22)12(10(3)23-15)14(21)17-6-11-19-9(2)7-24-11/h4,7-8H,1,5-6H2,2-3H3,(H,17,21). The maximum atomic E-state index is 12.6. The Morgan fingerprint density at radius 1 is 1.50 bits per heavy atom. The van der Waals surface area contributed by atoms with Crippen LogP contribution in [0, 0.1) is 13.8 Å². The SMILES string of the molecule is C=CCn1cnc2oc(C)c(C(=O)NCc3nc(C)cs3)c2c1=O. The molecule has 0 bridgehead atoms. The van der Waals surface area contributed by atoms with Crippen molar-refractivity contribution in [3.8, 4) is 0 Å². The molecule has 0 saturated heterocycles. The minimum Gasteiger partial charge on any atom is -0.442 e. The summed E-state index contributed by atoms with van der Waals surface area (Å²) >= 11 is 1.47. The summed E-state index contributed by atoms with van der Waals surface area (Å²) in [6.45, 7) is 7.75. The van der Waals surface area contributed by atoms with Gasteiger partial charge >= 0.3 is 0 Å². The molecule has 0 atom stereocenters. The highest BCUT2D eigenvalue weighted by atomic mass is 32.1. The molecule has 124 valence electrons. The van der Waals surface area contributed by atoms with Gasteiger partial charge in [-0.15, -0.1) is 17.9 Å². The number of fused-ring (bicyclic) bond motifs is 1. The molecule has 1 N–H and O–H groups in total. The third-order valence-electron chi connectivity index (χ3n) is 3.47. The number of thiazole rings is 1. The lowest BCUT2D eigenvalue weighted by Gasteiger charge is -2.03. The number of carbonyl (C=O) groups excluding carboxylic acids is 1. The zero-order valence-electron chi connectivity index (χ0n) is 13.3. The molecule has 24 heavy (non-hydrogen) atoms. The molecule has 7 nitrogen and oxygen atoms in total. The van der Waals surface area contributed by atoms with E-state index in [-0.39, 0.29) is 28.1 Å². The van der Waals surface area contributed by atoms with Crippen LogP contribution >= 0.6 is 11.3 Å². The van der Waals surface area contributed by atoms with Gasteiger partial charge < -0.3 is 9.73 Å². The average molecular weight is 344 g/mol. The van der Waals surface area contributed by atoms with Gasteiger partial charge in [-0.1, -0.05) is 6.08 Å². The first-order valence-electron chi connectivity index (χ1n) is 7.30. The molecule has 3 aromatic heterocycles. The third kappa shape index (κ3) is 2.88. The molecule has 3 rings (SSSR count). The van der Waals surface area contributed by atoms with E-state index >= 15 is 0 Å². The Hall–Kier alpha value is -2.74. The minimum absolute atomic E-state index is 0.160. The molecular formula is C16H16N4O3S. The number of aryl methyl sites for hydroxylation is 2. The van der Waals surface area contributed by atoms with Crippen LogP contribution in [-0.4, -0.2) is 20.4 Å². The summed E-state index contributed by atoms with van der Waals surface area (Å²) in [6.07, 6.45) is 2.97. The number of hydrogen-bond acceptors (Lipinski definition) is 6. The van der Waals surface area contributed by atoms with E-state index in [1.54, 1.807) is 13.0 Å². The highest BCUT2D eigenvalue weighted by molar-refractivity contribution is 7.09. The highest BCUT2D eigenvalue weighted by Gasteiger charge is 2.22. The normalized spacial score (nSPS) is 10.9. The van der Waals surface area contributed by atoms with Gasteiger partial charge in [0.2, 0.25) is 5.71 Å². The van der Waals surface area contributed by atoms with Crippen LogP contribution < -0.4 is 10.9 Å². The molecule has 0 saturated carbocycles. The second-order valence-corrected chi connectivity index (χ2v) is 6.21. The van der Waals surface area contributed by atoms with Gasteiger partial charge in [0.1, 0.15) is 22.5 Å². The van der Waals surface area contributed by atoms with Crippen LogP contribution in [0.25, 0.3) is 11.1 Å². The number of carbonyl (C=O) groups is 1. The van der Waals surface area contributed by atoms with E-state index in [9.17, 15) is 9.59 Å². The van der Waals surface area contributed by atoms with Gasteiger partial charge in [0, 0.05) is 17.6 Å². The Kier molecular flexibility index (Phi) is 4.30. The first-order valence-corrected chi connectivity index (χ1v) is 8.18. The summed E-state index contributed by atoms with van der Waals surface area (Å²) in [4.78, 5) is 33.5. The fraction of sp³-hybridized carbons (Fsp3) is 0.250. The number of allylic oxidation sites excluding steroid dienone is 1. The minimum atomic E-state index is -0.380. The van der Waals surface area contributed by atoms with E-state index in [0.29, 0.717) is 18.8 Å². The molecule has 1 amide bonds. The molecule has 0 unspecified atom stereocenters. The predicted molar refractivity (Wildman–Crippen MR) is 91.2 cm³/mol. The molecule has 0 fully saturated rings. The zero-order valence-corrected chi connectivity index (χ0v) is 14.1. The van der Waals surface area contributed by atoms with E-state index in [2.05, 4.69) is 21.9 Å². The fourth-order valence-electron chi connectivity index (χ4n) is 2.41. The van der Waals surface area contributed by atoms with Crippen molar-refractivity contribution in [3.05, 3.63) is 56.7 Å². The average Bonchev–Trinajstić information content (AvgIpc) is 3.11. The lowest BCUT2D eigenvalue weighted by molar-refractivity contribution is 0.0950. The molecule has 0 aliphatic carbocycles. The van der Waals surface area contributed by atoms with Crippen molar-refractivity contribution in [1.29, 1.82) is 0 Å². The topological polar surface area (TPSA) is 90.0 Å². The van der Waals surface area contributed by atoms with Crippen LogP contribution in [0.1, 0.15) is 26.8 Å². The van der Waals surface area contributed by atoms with Crippen LogP contribution in [0.4, 0.5) is 0 Å². The fourth-order valence-corrected chi connectivity index (χ4v) is 3.12. The number of nitrogens with one attached hydrogen (secondary N) is 1. The van der Waals surface area contributed by atoms with Gasteiger partial charge in [-0.25, -0.2) is 9.97 Å². The highest BCUT2D eigenvalue weighted by Crippen LogP contribution is 2.21. The Bertz CT molecular complexity index is 983. The first-order chi connectivity index (χ1) is 11.5. The third-order valence-corrected chi connectivity index (χ3v) is 4.44. The second-order valence-electron chi connectivity index (χ2n) is 5.27. The Morgan fingerprint density at radius 2 is 2.29 bits per heavy atom. The van der Waals surface area contributed by atoms with Crippen molar-refractivity contribution >= 4 is 28.3 Å². The summed E-state index contributed by atoms with van der Waals surface area (Å²) < 4.78 is 6.85. The summed E-state index contributed by atoms with van der Waals surface area (Å²) in [6, 6.07) is 0. The number of furan rings is 1. The maximum absolute atomic E-state index is 12.6. The monoisotopic (exact) mass is 344 g/mol. The van der Waals surface area contributed by atoms with Gasteiger partial charge in [0.25, 0.3) is 11.5 Å².